The summed E-state index contributed by atoms with van der Waals surface area (Å²) in [6.45, 7) is 14.2. The first-order valence-electron chi connectivity index (χ1n) is 12.2. The summed E-state index contributed by atoms with van der Waals surface area (Å²) in [5, 5.41) is 13.5. The molecule has 1 heterocycles. The fraction of sp³-hybridized carbons (Fsp3) is 0.654. The van der Waals surface area contributed by atoms with Gasteiger partial charge in [0, 0.05) is 44.8 Å². The molecule has 0 radical (unpaired) electrons. The Morgan fingerprint density at radius 2 is 1.60 bits per heavy atom. The van der Waals surface area contributed by atoms with Gasteiger partial charge in [-0.2, -0.15) is 0 Å². The minimum absolute atomic E-state index is 0.00656. The van der Waals surface area contributed by atoms with Crippen LogP contribution in [0.4, 0.5) is 10.5 Å². The van der Waals surface area contributed by atoms with E-state index in [9.17, 15) is 19.5 Å². The number of aliphatic hydroxyl groups excluding tert-OH is 1. The maximum Gasteiger partial charge on any atom is 0.410 e. The van der Waals surface area contributed by atoms with Crippen LogP contribution in [0.2, 0.25) is 0 Å². The van der Waals surface area contributed by atoms with Crippen LogP contribution in [0.25, 0.3) is 0 Å². The van der Waals surface area contributed by atoms with Crippen molar-refractivity contribution in [2.75, 3.05) is 38.0 Å². The number of piperazine rings is 1. The highest BCUT2D eigenvalue weighted by Crippen LogP contribution is 2.22. The zero-order valence-electron chi connectivity index (χ0n) is 21.9. The molecule has 0 bridgehead atoms. The maximum atomic E-state index is 12.2. The highest BCUT2D eigenvalue weighted by molar-refractivity contribution is 5.92. The Kier molecular flexibility index (Phi) is 10.1. The fourth-order valence-electron chi connectivity index (χ4n) is 3.61. The molecular formula is C26H41N3O6. The van der Waals surface area contributed by atoms with Crippen LogP contribution in [-0.2, 0) is 19.1 Å². The molecule has 0 aromatic heterocycles. The van der Waals surface area contributed by atoms with Crippen molar-refractivity contribution in [3.05, 3.63) is 29.8 Å². The van der Waals surface area contributed by atoms with Crippen molar-refractivity contribution in [3.8, 4) is 0 Å². The van der Waals surface area contributed by atoms with E-state index in [-0.39, 0.29) is 24.8 Å². The van der Waals surface area contributed by atoms with E-state index in [1.807, 2.05) is 26.8 Å². The Morgan fingerprint density at radius 3 is 2.20 bits per heavy atom. The molecule has 1 saturated heterocycles. The first-order valence-corrected chi connectivity index (χ1v) is 12.2. The Labute approximate surface area is 208 Å². The van der Waals surface area contributed by atoms with Crippen molar-refractivity contribution >= 4 is 23.7 Å². The summed E-state index contributed by atoms with van der Waals surface area (Å²) in [6.07, 6.45) is -0.411. The molecule has 1 aliphatic rings. The summed E-state index contributed by atoms with van der Waals surface area (Å²) >= 11 is 0. The molecule has 1 aliphatic heterocycles. The predicted octanol–water partition coefficient (Wildman–Crippen LogP) is 3.72. The molecule has 196 valence electrons. The van der Waals surface area contributed by atoms with Gasteiger partial charge in [-0.1, -0.05) is 12.1 Å². The van der Waals surface area contributed by atoms with Crippen molar-refractivity contribution in [2.24, 2.45) is 0 Å². The number of hydrogen-bond acceptors (Lipinski definition) is 7. The molecule has 1 fully saturated rings. The fourth-order valence-corrected chi connectivity index (χ4v) is 3.61. The average molecular weight is 492 g/mol. The number of carbonyl (C=O) groups excluding carboxylic acids is 3. The Bertz CT molecular complexity index is 867. The molecule has 2 N–H and O–H groups in total. The molecule has 0 saturated carbocycles. The molecular weight excluding hydrogens is 450 g/mol. The molecule has 9 nitrogen and oxygen atoms in total. The van der Waals surface area contributed by atoms with Gasteiger partial charge in [-0.05, 0) is 65.7 Å². The van der Waals surface area contributed by atoms with Gasteiger partial charge in [0.25, 0.3) is 0 Å². The second kappa shape index (κ2) is 12.4. The first-order chi connectivity index (χ1) is 16.2. The lowest BCUT2D eigenvalue weighted by molar-refractivity contribution is -0.155. The number of esters is 1. The largest absolute Gasteiger partial charge is 0.460 e. The number of nitrogens with zero attached hydrogens (tertiary/aromatic N) is 2. The number of benzene rings is 1. The molecule has 9 heteroatoms. The molecule has 1 atom stereocenters. The second-order valence-corrected chi connectivity index (χ2v) is 10.9. The minimum atomic E-state index is -0.683. The van der Waals surface area contributed by atoms with Gasteiger partial charge in [0.1, 0.15) is 11.2 Å². The summed E-state index contributed by atoms with van der Waals surface area (Å²) in [4.78, 5) is 40.2. The molecule has 0 unspecified atom stereocenters. The van der Waals surface area contributed by atoms with E-state index in [2.05, 4.69) is 10.2 Å². The van der Waals surface area contributed by atoms with E-state index < -0.39 is 23.3 Å². The third-order valence-corrected chi connectivity index (χ3v) is 5.27. The van der Waals surface area contributed by atoms with Crippen molar-refractivity contribution in [1.29, 1.82) is 0 Å². The van der Waals surface area contributed by atoms with Crippen LogP contribution in [0.5, 0.6) is 0 Å². The summed E-state index contributed by atoms with van der Waals surface area (Å²) in [7, 11) is 0. The number of rotatable bonds is 8. The maximum absolute atomic E-state index is 12.2. The van der Waals surface area contributed by atoms with Crippen LogP contribution >= 0.6 is 0 Å². The van der Waals surface area contributed by atoms with E-state index in [1.165, 1.54) is 0 Å². The molecule has 0 aliphatic carbocycles. The number of ether oxygens (including phenoxy) is 2. The van der Waals surface area contributed by atoms with Gasteiger partial charge in [0.05, 0.1) is 12.5 Å². The van der Waals surface area contributed by atoms with Crippen LogP contribution in [0.15, 0.2) is 24.3 Å². The molecule has 35 heavy (non-hydrogen) atoms. The predicted molar refractivity (Wildman–Crippen MR) is 134 cm³/mol. The minimum Gasteiger partial charge on any atom is -0.460 e. The number of anilines is 1. The monoisotopic (exact) mass is 491 g/mol. The zero-order chi connectivity index (χ0) is 26.2. The Balaban J connectivity index is 1.76. The number of hydrogen-bond donors (Lipinski definition) is 2. The third-order valence-electron chi connectivity index (χ3n) is 5.27. The molecule has 1 aromatic rings. The molecule has 0 spiro atoms. The quantitative estimate of drug-likeness (QED) is 0.534. The molecule has 2 amide bonds. The van der Waals surface area contributed by atoms with Crippen LogP contribution in [0.1, 0.15) is 72.5 Å². The lowest BCUT2D eigenvalue weighted by Gasteiger charge is -2.35. The van der Waals surface area contributed by atoms with Gasteiger partial charge in [0.15, 0.2) is 0 Å². The average Bonchev–Trinajstić information content (AvgIpc) is 2.74. The van der Waals surface area contributed by atoms with Crippen LogP contribution < -0.4 is 5.32 Å². The zero-order valence-corrected chi connectivity index (χ0v) is 21.9. The van der Waals surface area contributed by atoms with E-state index in [1.54, 1.807) is 43.9 Å². The Hall–Kier alpha value is -2.65. The summed E-state index contributed by atoms with van der Waals surface area (Å²) in [5.41, 5.74) is 0.192. The van der Waals surface area contributed by atoms with Crippen LogP contribution in [0.3, 0.4) is 0 Å². The van der Waals surface area contributed by atoms with E-state index in [4.69, 9.17) is 9.47 Å². The van der Waals surface area contributed by atoms with Gasteiger partial charge in [-0.25, -0.2) is 4.79 Å². The van der Waals surface area contributed by atoms with Crippen molar-refractivity contribution in [3.63, 3.8) is 0 Å². The van der Waals surface area contributed by atoms with Gasteiger partial charge in [-0.15, -0.1) is 0 Å². The van der Waals surface area contributed by atoms with Gasteiger partial charge >= 0.3 is 12.1 Å². The smallest absolute Gasteiger partial charge is 0.410 e. The molecule has 2 rings (SSSR count). The normalized spacial score (nSPS) is 15.9. The van der Waals surface area contributed by atoms with Crippen LogP contribution in [0, 0.1) is 0 Å². The standard InChI is InChI=1S/C26H41N3O6/c1-25(2,3)34-23(32)11-10-22(31)27-20-9-7-8-19(18-20)21(30)12-13-28-14-16-29(17-15-28)24(33)35-26(4,5)6/h7-9,18,21,30H,10-17H2,1-6H3,(H,27,31)/t21-/m1/s1. The molecule has 1 aromatic carbocycles. The summed E-state index contributed by atoms with van der Waals surface area (Å²) in [6, 6.07) is 7.09. The van der Waals surface area contributed by atoms with E-state index >= 15 is 0 Å². The number of carbonyl (C=O) groups is 3. The highest BCUT2D eigenvalue weighted by atomic mass is 16.6. The van der Waals surface area contributed by atoms with Gasteiger partial charge < -0.3 is 24.8 Å². The summed E-state index contributed by atoms with van der Waals surface area (Å²) in [5.74, 6) is -0.700. The van der Waals surface area contributed by atoms with Gasteiger partial charge in [-0.3, -0.25) is 14.5 Å². The Morgan fingerprint density at radius 1 is 0.971 bits per heavy atom. The third kappa shape index (κ3) is 11.1. The lowest BCUT2D eigenvalue weighted by atomic mass is 10.1. The number of aliphatic hydroxyl groups is 1. The topological polar surface area (TPSA) is 108 Å². The first kappa shape index (κ1) is 28.6. The van der Waals surface area contributed by atoms with Gasteiger partial charge in [0.2, 0.25) is 5.91 Å². The van der Waals surface area contributed by atoms with Crippen molar-refractivity contribution in [1.82, 2.24) is 9.80 Å². The second-order valence-electron chi connectivity index (χ2n) is 10.9. The lowest BCUT2D eigenvalue weighted by Crippen LogP contribution is -2.50. The van der Waals surface area contributed by atoms with Crippen molar-refractivity contribution in [2.45, 2.75) is 78.1 Å². The summed E-state index contributed by atoms with van der Waals surface area (Å²) < 4.78 is 10.6. The highest BCUT2D eigenvalue weighted by Gasteiger charge is 2.26. The number of amides is 2. The number of nitrogens with one attached hydrogen (secondary N) is 1. The SMILES string of the molecule is CC(C)(C)OC(=O)CCC(=O)Nc1cccc([C@H](O)CCN2CCN(C(=O)OC(C)(C)C)CC2)c1. The van der Waals surface area contributed by atoms with Crippen molar-refractivity contribution < 1.29 is 29.0 Å². The van der Waals surface area contributed by atoms with E-state index in [0.717, 1.165) is 13.1 Å². The van der Waals surface area contributed by atoms with E-state index in [0.29, 0.717) is 37.3 Å². The van der Waals surface area contributed by atoms with Crippen LogP contribution in [-0.4, -0.2) is 76.8 Å².